The third-order valence-electron chi connectivity index (χ3n) is 4.54. The van der Waals surface area contributed by atoms with Crippen molar-refractivity contribution in [1.29, 1.82) is 0 Å². The minimum absolute atomic E-state index is 0.203. The molecule has 3 nitrogen and oxygen atoms in total. The van der Waals surface area contributed by atoms with Crippen LogP contribution in [0.1, 0.15) is 29.2 Å². The van der Waals surface area contributed by atoms with Gasteiger partial charge in [-0.15, -0.1) is 0 Å². The number of esters is 1. The van der Waals surface area contributed by atoms with Gasteiger partial charge in [0.1, 0.15) is 6.10 Å². The molecular formula is C21H23NO2. The monoisotopic (exact) mass is 321 g/mol. The van der Waals surface area contributed by atoms with Crippen LogP contribution in [0.25, 0.3) is 6.08 Å². The van der Waals surface area contributed by atoms with Crippen LogP contribution in [-0.2, 0) is 16.0 Å². The summed E-state index contributed by atoms with van der Waals surface area (Å²) in [7, 11) is 4.08. The normalized spacial score (nSPS) is 20.1. The summed E-state index contributed by atoms with van der Waals surface area (Å²) in [6.07, 6.45) is 5.09. The topological polar surface area (TPSA) is 29.5 Å². The van der Waals surface area contributed by atoms with Gasteiger partial charge in [-0.3, -0.25) is 0 Å². The van der Waals surface area contributed by atoms with E-state index in [1.54, 1.807) is 6.08 Å². The average Bonchev–Trinajstić information content (AvgIpc) is 2.61. The fraction of sp³-hybridized carbons (Fsp3) is 0.286. The lowest BCUT2D eigenvalue weighted by molar-refractivity contribution is -0.147. The van der Waals surface area contributed by atoms with Crippen LogP contribution >= 0.6 is 0 Å². The Morgan fingerprint density at radius 2 is 1.79 bits per heavy atom. The standard InChI is InChI=1S/C21H23NO2/c1-22(2)19-14-13-17-10-6-7-11-18(17)21(19)24-20(23)15-12-16-8-4-3-5-9-16/h3-12,15,19,21H,13-14H2,1-2H3. The molecule has 0 spiro atoms. The molecule has 0 fully saturated rings. The van der Waals surface area contributed by atoms with Crippen LogP contribution in [0.4, 0.5) is 0 Å². The second-order valence-corrected chi connectivity index (χ2v) is 6.37. The molecule has 1 aliphatic carbocycles. The molecule has 1 aliphatic rings. The van der Waals surface area contributed by atoms with E-state index in [2.05, 4.69) is 17.0 Å². The molecule has 3 rings (SSSR count). The summed E-state index contributed by atoms with van der Waals surface area (Å²) < 4.78 is 5.85. The molecule has 3 heteroatoms. The number of benzene rings is 2. The first-order chi connectivity index (χ1) is 11.6. The fourth-order valence-corrected chi connectivity index (χ4v) is 3.27. The van der Waals surface area contributed by atoms with Gasteiger partial charge in [0.05, 0.1) is 6.04 Å². The van der Waals surface area contributed by atoms with E-state index in [9.17, 15) is 4.79 Å². The first-order valence-electron chi connectivity index (χ1n) is 8.33. The molecular weight excluding hydrogens is 298 g/mol. The molecule has 0 bridgehead atoms. The van der Waals surface area contributed by atoms with E-state index in [0.717, 1.165) is 24.0 Å². The van der Waals surface area contributed by atoms with E-state index in [1.165, 1.54) is 11.6 Å². The molecule has 0 aromatic heterocycles. The van der Waals surface area contributed by atoms with Gasteiger partial charge in [-0.1, -0.05) is 54.6 Å². The van der Waals surface area contributed by atoms with Crippen LogP contribution in [0.3, 0.4) is 0 Å². The SMILES string of the molecule is CN(C)C1CCc2ccccc2C1OC(=O)C=Cc1ccccc1. The van der Waals surface area contributed by atoms with Gasteiger partial charge < -0.3 is 9.64 Å². The Morgan fingerprint density at radius 1 is 1.08 bits per heavy atom. The zero-order valence-corrected chi connectivity index (χ0v) is 14.2. The summed E-state index contributed by atoms with van der Waals surface area (Å²) in [6, 6.07) is 18.2. The van der Waals surface area contributed by atoms with Gasteiger partial charge in [-0.05, 0) is 49.7 Å². The maximum atomic E-state index is 12.3. The number of carbonyl (C=O) groups is 1. The summed E-state index contributed by atoms with van der Waals surface area (Å²) in [5, 5.41) is 0. The van der Waals surface area contributed by atoms with Crippen molar-refractivity contribution in [1.82, 2.24) is 4.90 Å². The van der Waals surface area contributed by atoms with E-state index in [4.69, 9.17) is 4.74 Å². The Hall–Kier alpha value is -2.39. The minimum atomic E-state index is -0.299. The zero-order chi connectivity index (χ0) is 16.9. The van der Waals surface area contributed by atoms with E-state index in [0.29, 0.717) is 0 Å². The number of hydrogen-bond donors (Lipinski definition) is 0. The maximum Gasteiger partial charge on any atom is 0.331 e. The third kappa shape index (κ3) is 3.74. The highest BCUT2D eigenvalue weighted by atomic mass is 16.5. The van der Waals surface area contributed by atoms with Crippen LogP contribution in [-0.4, -0.2) is 31.0 Å². The Labute approximate surface area is 143 Å². The van der Waals surface area contributed by atoms with E-state index in [-0.39, 0.29) is 18.1 Å². The summed E-state index contributed by atoms with van der Waals surface area (Å²) in [4.78, 5) is 14.5. The van der Waals surface area contributed by atoms with Crippen LogP contribution in [0.2, 0.25) is 0 Å². The van der Waals surface area contributed by atoms with Crippen molar-refractivity contribution in [3.63, 3.8) is 0 Å². The van der Waals surface area contributed by atoms with Gasteiger partial charge in [0, 0.05) is 6.08 Å². The molecule has 0 amide bonds. The number of nitrogens with zero attached hydrogens (tertiary/aromatic N) is 1. The molecule has 0 N–H and O–H groups in total. The average molecular weight is 321 g/mol. The van der Waals surface area contributed by atoms with Crippen molar-refractivity contribution in [2.45, 2.75) is 25.0 Å². The number of hydrogen-bond acceptors (Lipinski definition) is 3. The number of carbonyl (C=O) groups excluding carboxylic acids is 1. The molecule has 0 heterocycles. The highest BCUT2D eigenvalue weighted by Crippen LogP contribution is 2.35. The van der Waals surface area contributed by atoms with Crippen LogP contribution < -0.4 is 0 Å². The van der Waals surface area contributed by atoms with Gasteiger partial charge in [0.15, 0.2) is 0 Å². The van der Waals surface area contributed by atoms with Gasteiger partial charge >= 0.3 is 5.97 Å². The van der Waals surface area contributed by atoms with Crippen molar-refractivity contribution in [2.75, 3.05) is 14.1 Å². The lowest BCUT2D eigenvalue weighted by atomic mass is 9.85. The van der Waals surface area contributed by atoms with Crippen molar-refractivity contribution in [3.05, 3.63) is 77.4 Å². The van der Waals surface area contributed by atoms with E-state index >= 15 is 0 Å². The number of aryl methyl sites for hydroxylation is 1. The predicted molar refractivity (Wildman–Crippen MR) is 96.5 cm³/mol. The van der Waals surface area contributed by atoms with Crippen molar-refractivity contribution >= 4 is 12.0 Å². The molecule has 2 unspecified atom stereocenters. The second kappa shape index (κ2) is 7.45. The fourth-order valence-electron chi connectivity index (χ4n) is 3.27. The summed E-state index contributed by atoms with van der Waals surface area (Å²) in [6.45, 7) is 0. The second-order valence-electron chi connectivity index (χ2n) is 6.37. The maximum absolute atomic E-state index is 12.3. The number of likely N-dealkylation sites (N-methyl/N-ethyl adjacent to an activating group) is 1. The Bertz CT molecular complexity index is 722. The molecule has 124 valence electrons. The lowest BCUT2D eigenvalue weighted by Gasteiger charge is -2.36. The van der Waals surface area contributed by atoms with Crippen molar-refractivity contribution in [2.24, 2.45) is 0 Å². The van der Waals surface area contributed by atoms with Crippen molar-refractivity contribution in [3.8, 4) is 0 Å². The largest absolute Gasteiger partial charge is 0.453 e. The molecule has 0 aliphatic heterocycles. The lowest BCUT2D eigenvalue weighted by Crippen LogP contribution is -2.39. The predicted octanol–water partition coefficient (Wildman–Crippen LogP) is 3.86. The number of ether oxygens (including phenoxy) is 1. The van der Waals surface area contributed by atoms with Gasteiger partial charge in [0.2, 0.25) is 0 Å². The quantitative estimate of drug-likeness (QED) is 0.632. The van der Waals surface area contributed by atoms with Gasteiger partial charge in [0.25, 0.3) is 0 Å². The first-order valence-corrected chi connectivity index (χ1v) is 8.33. The molecule has 2 aromatic carbocycles. The Balaban J connectivity index is 1.78. The number of rotatable bonds is 4. The molecule has 2 atom stereocenters. The van der Waals surface area contributed by atoms with Crippen molar-refractivity contribution < 1.29 is 9.53 Å². The molecule has 0 saturated heterocycles. The number of fused-ring (bicyclic) bond motifs is 1. The zero-order valence-electron chi connectivity index (χ0n) is 14.2. The minimum Gasteiger partial charge on any atom is -0.453 e. The summed E-state index contributed by atoms with van der Waals surface area (Å²) >= 11 is 0. The van der Waals surface area contributed by atoms with Crippen LogP contribution in [0, 0.1) is 0 Å². The smallest absolute Gasteiger partial charge is 0.331 e. The summed E-state index contributed by atoms with van der Waals surface area (Å²) in [5.41, 5.74) is 3.40. The van der Waals surface area contributed by atoms with Gasteiger partial charge in [-0.25, -0.2) is 4.79 Å². The Kier molecular flexibility index (Phi) is 5.11. The highest BCUT2D eigenvalue weighted by molar-refractivity contribution is 5.87. The van der Waals surface area contributed by atoms with E-state index < -0.39 is 0 Å². The summed E-state index contributed by atoms with van der Waals surface area (Å²) in [5.74, 6) is -0.299. The highest BCUT2D eigenvalue weighted by Gasteiger charge is 2.33. The van der Waals surface area contributed by atoms with Crippen LogP contribution in [0.5, 0.6) is 0 Å². The third-order valence-corrected chi connectivity index (χ3v) is 4.54. The molecule has 0 saturated carbocycles. The first kappa shape index (κ1) is 16.5. The molecule has 24 heavy (non-hydrogen) atoms. The molecule has 0 radical (unpaired) electrons. The van der Waals surface area contributed by atoms with Crippen LogP contribution in [0.15, 0.2) is 60.7 Å². The van der Waals surface area contributed by atoms with Gasteiger partial charge in [-0.2, -0.15) is 0 Å². The van der Waals surface area contributed by atoms with E-state index in [1.807, 2.05) is 56.6 Å². The Morgan fingerprint density at radius 3 is 2.54 bits per heavy atom. The molecule has 2 aromatic rings.